The van der Waals surface area contributed by atoms with Crippen molar-refractivity contribution in [3.63, 3.8) is 0 Å². The van der Waals surface area contributed by atoms with Gasteiger partial charge < -0.3 is 4.90 Å². The Balaban J connectivity index is 2.67. The maximum Gasteiger partial charge on any atom is 0.0140 e. The quantitative estimate of drug-likeness (QED) is 0.658. The molecule has 0 saturated heterocycles. The Bertz CT molecular complexity index is 260. The number of allylic oxidation sites excluding steroid dienone is 4. The minimum Gasteiger partial charge on any atom is -0.381 e. The maximum atomic E-state index is 3.87. The van der Waals surface area contributed by atoms with Crippen LogP contribution in [-0.4, -0.2) is 18.5 Å². The van der Waals surface area contributed by atoms with Crippen LogP contribution in [-0.2, 0) is 0 Å². The Morgan fingerprint density at radius 2 is 2.07 bits per heavy atom. The molecular formula is C13H21N. The van der Waals surface area contributed by atoms with Crippen molar-refractivity contribution in [3.8, 4) is 0 Å². The van der Waals surface area contributed by atoms with Gasteiger partial charge >= 0.3 is 0 Å². The Hall–Kier alpha value is -0.980. The van der Waals surface area contributed by atoms with Gasteiger partial charge in [0.15, 0.2) is 0 Å². The summed E-state index contributed by atoms with van der Waals surface area (Å²) in [5.41, 5.74) is 2.89. The Kier molecular flexibility index (Phi) is 3.99. The molecule has 1 aliphatic rings. The van der Waals surface area contributed by atoms with Crippen LogP contribution >= 0.6 is 0 Å². The molecule has 1 aliphatic carbocycles. The molecule has 0 aromatic rings. The molecule has 0 heterocycles. The standard InChI is InChI=1S/C13H21N/c1-5-12-9-11(3)10-13(12)7-8-14(4)6-2/h5,7-8,11H,1,6,9-10H2,2-4H3/b8-7-. The van der Waals surface area contributed by atoms with Gasteiger partial charge in [0.05, 0.1) is 0 Å². The lowest BCUT2D eigenvalue weighted by atomic mass is 10.1. The van der Waals surface area contributed by atoms with Crippen molar-refractivity contribution in [2.45, 2.75) is 26.7 Å². The molecule has 1 atom stereocenters. The highest BCUT2D eigenvalue weighted by Gasteiger charge is 2.16. The summed E-state index contributed by atoms with van der Waals surface area (Å²) in [6.45, 7) is 9.38. The van der Waals surface area contributed by atoms with Crippen LogP contribution in [0, 0.1) is 5.92 Å². The van der Waals surface area contributed by atoms with Gasteiger partial charge in [0.2, 0.25) is 0 Å². The maximum absolute atomic E-state index is 3.87. The van der Waals surface area contributed by atoms with Crippen molar-refractivity contribution in [2.24, 2.45) is 5.92 Å². The summed E-state index contributed by atoms with van der Waals surface area (Å²) >= 11 is 0. The molecule has 0 spiro atoms. The van der Waals surface area contributed by atoms with Crippen LogP contribution in [0.25, 0.3) is 0 Å². The highest BCUT2D eigenvalue weighted by atomic mass is 15.1. The second kappa shape index (κ2) is 5.04. The predicted molar refractivity (Wildman–Crippen MR) is 63.1 cm³/mol. The summed E-state index contributed by atoms with van der Waals surface area (Å²) in [5, 5.41) is 0. The van der Waals surface area contributed by atoms with Gasteiger partial charge in [-0.3, -0.25) is 0 Å². The van der Waals surface area contributed by atoms with Gasteiger partial charge in [-0.05, 0) is 49.1 Å². The minimum atomic E-state index is 0.787. The highest BCUT2D eigenvalue weighted by molar-refractivity contribution is 5.36. The number of rotatable bonds is 4. The summed E-state index contributed by atoms with van der Waals surface area (Å²) in [6, 6.07) is 0. The van der Waals surface area contributed by atoms with E-state index in [0.717, 1.165) is 12.5 Å². The smallest absolute Gasteiger partial charge is 0.0140 e. The first-order chi connectivity index (χ1) is 6.67. The second-order valence-electron chi connectivity index (χ2n) is 4.16. The lowest BCUT2D eigenvalue weighted by Gasteiger charge is -2.09. The zero-order valence-electron chi connectivity index (χ0n) is 9.59. The second-order valence-corrected chi connectivity index (χ2v) is 4.16. The molecule has 0 saturated carbocycles. The van der Waals surface area contributed by atoms with Crippen LogP contribution < -0.4 is 0 Å². The molecule has 0 amide bonds. The lowest BCUT2D eigenvalue weighted by molar-refractivity contribution is 0.483. The number of hydrogen-bond acceptors (Lipinski definition) is 1. The van der Waals surface area contributed by atoms with Crippen LogP contribution in [0.3, 0.4) is 0 Å². The summed E-state index contributed by atoms with van der Waals surface area (Å²) in [4.78, 5) is 2.19. The van der Waals surface area contributed by atoms with Crippen LogP contribution in [0.5, 0.6) is 0 Å². The summed E-state index contributed by atoms with van der Waals surface area (Å²) in [5.74, 6) is 0.787. The van der Waals surface area contributed by atoms with E-state index in [0.29, 0.717) is 0 Å². The van der Waals surface area contributed by atoms with E-state index in [1.165, 1.54) is 24.0 Å². The third-order valence-corrected chi connectivity index (χ3v) is 2.82. The minimum absolute atomic E-state index is 0.787. The number of nitrogens with zero attached hydrogens (tertiary/aromatic N) is 1. The average Bonchev–Trinajstić information content (AvgIpc) is 2.55. The average molecular weight is 191 g/mol. The SMILES string of the molecule is C=CC1=C(/C=C\N(C)CC)CC(C)C1. The van der Waals surface area contributed by atoms with Gasteiger partial charge in [0.1, 0.15) is 0 Å². The summed E-state index contributed by atoms with van der Waals surface area (Å²) in [7, 11) is 2.10. The topological polar surface area (TPSA) is 3.24 Å². The fourth-order valence-electron chi connectivity index (χ4n) is 1.80. The molecule has 1 nitrogen and oxygen atoms in total. The first kappa shape index (κ1) is 11.1. The molecule has 1 heteroatoms. The molecule has 0 aromatic heterocycles. The van der Waals surface area contributed by atoms with Crippen LogP contribution in [0.4, 0.5) is 0 Å². The molecule has 1 rings (SSSR count). The first-order valence-corrected chi connectivity index (χ1v) is 5.40. The highest BCUT2D eigenvalue weighted by Crippen LogP contribution is 2.32. The zero-order chi connectivity index (χ0) is 10.6. The van der Waals surface area contributed by atoms with E-state index >= 15 is 0 Å². The van der Waals surface area contributed by atoms with E-state index < -0.39 is 0 Å². The van der Waals surface area contributed by atoms with Crippen molar-refractivity contribution in [1.29, 1.82) is 0 Å². The van der Waals surface area contributed by atoms with Crippen molar-refractivity contribution >= 4 is 0 Å². The molecule has 0 aliphatic heterocycles. The van der Waals surface area contributed by atoms with Gasteiger partial charge in [-0.2, -0.15) is 0 Å². The first-order valence-electron chi connectivity index (χ1n) is 5.40. The molecule has 0 aromatic carbocycles. The van der Waals surface area contributed by atoms with Gasteiger partial charge in [0, 0.05) is 13.6 Å². The monoisotopic (exact) mass is 191 g/mol. The van der Waals surface area contributed by atoms with E-state index in [2.05, 4.69) is 44.6 Å². The van der Waals surface area contributed by atoms with E-state index in [9.17, 15) is 0 Å². The van der Waals surface area contributed by atoms with Crippen molar-refractivity contribution in [2.75, 3.05) is 13.6 Å². The molecule has 0 radical (unpaired) electrons. The Labute approximate surface area is 87.8 Å². The van der Waals surface area contributed by atoms with Crippen LogP contribution in [0.15, 0.2) is 36.1 Å². The molecular weight excluding hydrogens is 170 g/mol. The van der Waals surface area contributed by atoms with E-state index in [1.807, 2.05) is 6.08 Å². The van der Waals surface area contributed by atoms with Crippen LogP contribution in [0.1, 0.15) is 26.7 Å². The molecule has 14 heavy (non-hydrogen) atoms. The van der Waals surface area contributed by atoms with Gasteiger partial charge in [-0.1, -0.05) is 19.6 Å². The Morgan fingerprint density at radius 1 is 1.43 bits per heavy atom. The van der Waals surface area contributed by atoms with E-state index in [1.54, 1.807) is 0 Å². The molecule has 0 fully saturated rings. The molecule has 78 valence electrons. The third-order valence-electron chi connectivity index (χ3n) is 2.82. The summed E-state index contributed by atoms with van der Waals surface area (Å²) < 4.78 is 0. The fraction of sp³-hybridized carbons (Fsp3) is 0.538. The predicted octanol–water partition coefficient (Wildman–Crippen LogP) is 3.36. The van der Waals surface area contributed by atoms with Crippen LogP contribution in [0.2, 0.25) is 0 Å². The zero-order valence-corrected chi connectivity index (χ0v) is 9.59. The molecule has 0 N–H and O–H groups in total. The van der Waals surface area contributed by atoms with E-state index in [4.69, 9.17) is 0 Å². The summed E-state index contributed by atoms with van der Waals surface area (Å²) in [6.07, 6.45) is 8.81. The van der Waals surface area contributed by atoms with E-state index in [-0.39, 0.29) is 0 Å². The lowest BCUT2D eigenvalue weighted by Crippen LogP contribution is -2.08. The third kappa shape index (κ3) is 2.76. The van der Waals surface area contributed by atoms with Crippen molar-refractivity contribution in [3.05, 3.63) is 36.1 Å². The largest absolute Gasteiger partial charge is 0.381 e. The normalized spacial score (nSPS) is 22.1. The van der Waals surface area contributed by atoms with Gasteiger partial charge in [-0.15, -0.1) is 0 Å². The molecule has 0 bridgehead atoms. The van der Waals surface area contributed by atoms with Crippen molar-refractivity contribution < 1.29 is 0 Å². The Morgan fingerprint density at radius 3 is 2.64 bits per heavy atom. The fourth-order valence-corrected chi connectivity index (χ4v) is 1.80. The van der Waals surface area contributed by atoms with Gasteiger partial charge in [0.25, 0.3) is 0 Å². The van der Waals surface area contributed by atoms with Crippen molar-refractivity contribution in [1.82, 2.24) is 4.90 Å². The van der Waals surface area contributed by atoms with Gasteiger partial charge in [-0.25, -0.2) is 0 Å². The molecule has 1 unspecified atom stereocenters. The number of hydrogen-bond donors (Lipinski definition) is 0.